The molecule has 0 spiro atoms. The summed E-state index contributed by atoms with van der Waals surface area (Å²) in [6.45, 7) is 0.501. The van der Waals surface area contributed by atoms with Gasteiger partial charge in [0.15, 0.2) is 5.82 Å². The van der Waals surface area contributed by atoms with E-state index in [1.54, 1.807) is 29.5 Å². The number of nitriles is 1. The average Bonchev–Trinajstić information content (AvgIpc) is 3.16. The number of nitrogens with zero attached hydrogens (tertiary/aromatic N) is 3. The molecule has 0 aliphatic carbocycles. The van der Waals surface area contributed by atoms with Crippen molar-refractivity contribution in [1.29, 1.82) is 5.26 Å². The van der Waals surface area contributed by atoms with Crippen LogP contribution in [0, 0.1) is 11.3 Å². The Morgan fingerprint density at radius 2 is 2.29 bits per heavy atom. The number of thiophene rings is 1. The van der Waals surface area contributed by atoms with Crippen LogP contribution in [0.2, 0.25) is 5.02 Å². The second-order valence-electron chi connectivity index (χ2n) is 4.24. The fourth-order valence-electron chi connectivity index (χ4n) is 1.79. The van der Waals surface area contributed by atoms with Crippen molar-refractivity contribution in [2.24, 2.45) is 0 Å². The minimum absolute atomic E-state index is 0.430. The van der Waals surface area contributed by atoms with Gasteiger partial charge in [0, 0.05) is 5.69 Å². The molecule has 0 bridgehead atoms. The Morgan fingerprint density at radius 1 is 1.38 bits per heavy atom. The van der Waals surface area contributed by atoms with Gasteiger partial charge in [-0.2, -0.15) is 10.4 Å². The van der Waals surface area contributed by atoms with Gasteiger partial charge in [-0.1, -0.05) is 17.7 Å². The standard InChI is InChI=1S/C14H10ClN5S/c15-11-6-10(4-3-9(11)7-16)17-8-13-18-14(20-19-13)12-2-1-5-21-12/h1-6,17H,8H2,(H,18,19,20). The third kappa shape index (κ3) is 3.05. The number of hydrogen-bond acceptors (Lipinski definition) is 5. The highest BCUT2D eigenvalue weighted by atomic mass is 35.5. The van der Waals surface area contributed by atoms with Gasteiger partial charge in [-0.25, -0.2) is 4.98 Å². The summed E-state index contributed by atoms with van der Waals surface area (Å²) in [6, 6.07) is 11.2. The molecule has 0 saturated heterocycles. The van der Waals surface area contributed by atoms with Crippen molar-refractivity contribution in [2.45, 2.75) is 6.54 Å². The number of hydrogen-bond donors (Lipinski definition) is 2. The fraction of sp³-hybridized carbons (Fsp3) is 0.0714. The van der Waals surface area contributed by atoms with Gasteiger partial charge in [0.25, 0.3) is 0 Å². The summed E-state index contributed by atoms with van der Waals surface area (Å²) in [5.74, 6) is 1.43. The zero-order chi connectivity index (χ0) is 14.7. The lowest BCUT2D eigenvalue weighted by atomic mass is 10.2. The van der Waals surface area contributed by atoms with Crippen molar-refractivity contribution in [3.05, 3.63) is 52.1 Å². The molecule has 0 unspecified atom stereocenters. The summed E-state index contributed by atoms with van der Waals surface area (Å²) in [5, 5.41) is 21.5. The topological polar surface area (TPSA) is 77.4 Å². The quantitative estimate of drug-likeness (QED) is 0.770. The number of aromatic nitrogens is 3. The van der Waals surface area contributed by atoms with Crippen LogP contribution in [0.1, 0.15) is 11.4 Å². The maximum Gasteiger partial charge on any atom is 0.191 e. The largest absolute Gasteiger partial charge is 0.378 e. The summed E-state index contributed by atoms with van der Waals surface area (Å²) >= 11 is 7.58. The van der Waals surface area contributed by atoms with Gasteiger partial charge in [0.1, 0.15) is 11.9 Å². The monoisotopic (exact) mass is 315 g/mol. The van der Waals surface area contributed by atoms with Crippen LogP contribution in [0.5, 0.6) is 0 Å². The van der Waals surface area contributed by atoms with Crippen molar-refractivity contribution < 1.29 is 0 Å². The average molecular weight is 316 g/mol. The van der Waals surface area contributed by atoms with E-state index in [1.807, 2.05) is 23.6 Å². The van der Waals surface area contributed by atoms with Gasteiger partial charge in [-0.3, -0.25) is 5.10 Å². The van der Waals surface area contributed by atoms with Crippen molar-refractivity contribution in [1.82, 2.24) is 15.2 Å². The third-order valence-electron chi connectivity index (χ3n) is 2.82. The highest BCUT2D eigenvalue weighted by Gasteiger charge is 2.07. The second kappa shape index (κ2) is 5.95. The number of halogens is 1. The molecule has 2 aromatic heterocycles. The third-order valence-corrected chi connectivity index (χ3v) is 4.00. The molecule has 7 heteroatoms. The smallest absolute Gasteiger partial charge is 0.191 e. The molecule has 21 heavy (non-hydrogen) atoms. The first-order chi connectivity index (χ1) is 10.3. The number of H-pyrrole nitrogens is 1. The zero-order valence-corrected chi connectivity index (χ0v) is 12.4. The Balaban J connectivity index is 1.68. The first-order valence-electron chi connectivity index (χ1n) is 6.15. The summed E-state index contributed by atoms with van der Waals surface area (Å²) in [4.78, 5) is 5.45. The minimum Gasteiger partial charge on any atom is -0.378 e. The zero-order valence-electron chi connectivity index (χ0n) is 10.8. The molecule has 3 aromatic rings. The van der Waals surface area contributed by atoms with E-state index in [1.165, 1.54) is 0 Å². The molecule has 2 heterocycles. The lowest BCUT2D eigenvalue weighted by Gasteiger charge is -2.05. The molecule has 104 valence electrons. The van der Waals surface area contributed by atoms with Crippen LogP contribution in [-0.4, -0.2) is 15.2 Å². The fourth-order valence-corrected chi connectivity index (χ4v) is 2.67. The van der Waals surface area contributed by atoms with Crippen molar-refractivity contribution in [2.75, 3.05) is 5.32 Å². The molecule has 0 saturated carbocycles. The van der Waals surface area contributed by atoms with Crippen LogP contribution < -0.4 is 5.32 Å². The molecule has 0 fully saturated rings. The highest BCUT2D eigenvalue weighted by Crippen LogP contribution is 2.22. The number of nitrogens with one attached hydrogen (secondary N) is 2. The van der Waals surface area contributed by atoms with Crippen LogP contribution in [0.15, 0.2) is 35.7 Å². The highest BCUT2D eigenvalue weighted by molar-refractivity contribution is 7.13. The van der Waals surface area contributed by atoms with Gasteiger partial charge >= 0.3 is 0 Å². The molecule has 0 radical (unpaired) electrons. The maximum absolute atomic E-state index is 8.83. The Kier molecular flexibility index (Phi) is 3.86. The summed E-state index contributed by atoms with van der Waals surface area (Å²) in [6.07, 6.45) is 0. The van der Waals surface area contributed by atoms with Gasteiger partial charge in [0.2, 0.25) is 0 Å². The molecule has 0 aliphatic heterocycles. The van der Waals surface area contributed by atoms with E-state index in [4.69, 9.17) is 16.9 Å². The van der Waals surface area contributed by atoms with Crippen LogP contribution in [0.4, 0.5) is 5.69 Å². The first-order valence-corrected chi connectivity index (χ1v) is 7.40. The molecule has 3 rings (SSSR count). The van der Waals surface area contributed by atoms with Gasteiger partial charge in [-0.05, 0) is 29.6 Å². The maximum atomic E-state index is 8.83. The van der Waals surface area contributed by atoms with E-state index in [0.717, 1.165) is 16.4 Å². The molecule has 5 nitrogen and oxygen atoms in total. The van der Waals surface area contributed by atoms with Crippen molar-refractivity contribution in [3.8, 4) is 16.8 Å². The Hall–Kier alpha value is -2.36. The van der Waals surface area contributed by atoms with E-state index in [0.29, 0.717) is 23.0 Å². The van der Waals surface area contributed by atoms with E-state index in [-0.39, 0.29) is 0 Å². The molecule has 0 amide bonds. The Labute approximate surface area is 130 Å². The SMILES string of the molecule is N#Cc1ccc(NCc2nc(-c3cccs3)n[nH]2)cc1Cl. The van der Waals surface area contributed by atoms with E-state index in [9.17, 15) is 0 Å². The lowest BCUT2D eigenvalue weighted by molar-refractivity contribution is 0.955. The first kappa shape index (κ1) is 13.6. The molecule has 0 aliphatic rings. The predicted molar refractivity (Wildman–Crippen MR) is 83.2 cm³/mol. The van der Waals surface area contributed by atoms with Crippen LogP contribution >= 0.6 is 22.9 Å². The number of aromatic amines is 1. The molecular formula is C14H10ClN5S. The van der Waals surface area contributed by atoms with E-state index < -0.39 is 0 Å². The molecule has 2 N–H and O–H groups in total. The van der Waals surface area contributed by atoms with Crippen molar-refractivity contribution in [3.63, 3.8) is 0 Å². The number of anilines is 1. The molecule has 0 atom stereocenters. The summed E-state index contributed by atoms with van der Waals surface area (Å²) < 4.78 is 0. The number of rotatable bonds is 4. The van der Waals surface area contributed by atoms with Crippen LogP contribution in [-0.2, 0) is 6.54 Å². The minimum atomic E-state index is 0.430. The Morgan fingerprint density at radius 3 is 3.00 bits per heavy atom. The van der Waals surface area contributed by atoms with Crippen LogP contribution in [0.25, 0.3) is 10.7 Å². The van der Waals surface area contributed by atoms with E-state index >= 15 is 0 Å². The molecular weight excluding hydrogens is 306 g/mol. The molecule has 1 aromatic carbocycles. The number of benzene rings is 1. The second-order valence-corrected chi connectivity index (χ2v) is 5.60. The van der Waals surface area contributed by atoms with Gasteiger partial charge < -0.3 is 5.32 Å². The lowest BCUT2D eigenvalue weighted by Crippen LogP contribution is -2.01. The summed E-state index contributed by atoms with van der Waals surface area (Å²) in [5.41, 5.74) is 1.29. The predicted octanol–water partition coefficient (Wildman–Crippen LogP) is 3.67. The van der Waals surface area contributed by atoms with Crippen LogP contribution in [0.3, 0.4) is 0 Å². The van der Waals surface area contributed by atoms with Gasteiger partial charge in [-0.15, -0.1) is 11.3 Å². The van der Waals surface area contributed by atoms with Crippen molar-refractivity contribution >= 4 is 28.6 Å². The van der Waals surface area contributed by atoms with Gasteiger partial charge in [0.05, 0.1) is 22.0 Å². The normalized spacial score (nSPS) is 10.3. The summed E-state index contributed by atoms with van der Waals surface area (Å²) in [7, 11) is 0. The Bertz CT molecular complexity index is 788. The van der Waals surface area contributed by atoms with E-state index in [2.05, 4.69) is 20.5 Å².